The highest BCUT2D eigenvalue weighted by atomic mass is 79.9. The smallest absolute Gasteiger partial charge is 0.310 e. The highest BCUT2D eigenvalue weighted by Crippen LogP contribution is 2.14. The van der Waals surface area contributed by atoms with Crippen LogP contribution in [0.2, 0.25) is 0 Å². The normalized spacial score (nSPS) is 10.1. The summed E-state index contributed by atoms with van der Waals surface area (Å²) >= 11 is 3.29. The molecule has 4 nitrogen and oxygen atoms in total. The fraction of sp³-hybridized carbons (Fsp3) is 0.125. The van der Waals surface area contributed by atoms with Crippen molar-refractivity contribution in [3.8, 4) is 0 Å². The minimum atomic E-state index is -0.656. The average molecular weight is 366 g/mol. The fourth-order valence-electron chi connectivity index (χ4n) is 1.72. The second-order valence-electron chi connectivity index (χ2n) is 4.48. The van der Waals surface area contributed by atoms with E-state index in [9.17, 15) is 14.0 Å². The van der Waals surface area contributed by atoms with Gasteiger partial charge in [-0.25, -0.2) is 4.39 Å². The van der Waals surface area contributed by atoms with E-state index in [1.165, 1.54) is 18.2 Å². The summed E-state index contributed by atoms with van der Waals surface area (Å²) in [5.74, 6) is -1.58. The second-order valence-corrected chi connectivity index (χ2v) is 5.40. The van der Waals surface area contributed by atoms with Gasteiger partial charge in [-0.15, -0.1) is 0 Å². The molecule has 0 unspecified atom stereocenters. The maximum absolute atomic E-state index is 13.4. The van der Waals surface area contributed by atoms with Crippen molar-refractivity contribution in [3.63, 3.8) is 0 Å². The molecule has 0 atom stereocenters. The highest BCUT2D eigenvalue weighted by molar-refractivity contribution is 9.10. The molecule has 0 spiro atoms. The van der Waals surface area contributed by atoms with Crippen molar-refractivity contribution in [2.24, 2.45) is 0 Å². The highest BCUT2D eigenvalue weighted by Gasteiger charge is 2.11. The maximum Gasteiger partial charge on any atom is 0.310 e. The van der Waals surface area contributed by atoms with Crippen LogP contribution < -0.4 is 5.32 Å². The Morgan fingerprint density at radius 3 is 2.45 bits per heavy atom. The summed E-state index contributed by atoms with van der Waals surface area (Å²) in [5.41, 5.74) is 0.833. The Morgan fingerprint density at radius 1 is 1.09 bits per heavy atom. The van der Waals surface area contributed by atoms with Gasteiger partial charge in [-0.2, -0.15) is 0 Å². The Hall–Kier alpha value is -2.21. The number of hydrogen-bond acceptors (Lipinski definition) is 3. The molecule has 0 fully saturated rings. The van der Waals surface area contributed by atoms with E-state index in [2.05, 4.69) is 21.2 Å². The first kappa shape index (κ1) is 16.2. The van der Waals surface area contributed by atoms with Gasteiger partial charge in [0.15, 0.2) is 6.61 Å². The van der Waals surface area contributed by atoms with Crippen LogP contribution in [0.15, 0.2) is 53.0 Å². The van der Waals surface area contributed by atoms with Crippen LogP contribution in [0.4, 0.5) is 10.1 Å². The third-order valence-corrected chi connectivity index (χ3v) is 3.31. The van der Waals surface area contributed by atoms with E-state index < -0.39 is 24.3 Å². The number of halogens is 2. The van der Waals surface area contributed by atoms with Gasteiger partial charge in [0.1, 0.15) is 5.82 Å². The van der Waals surface area contributed by atoms with Gasteiger partial charge in [0.05, 0.1) is 6.42 Å². The van der Waals surface area contributed by atoms with Crippen LogP contribution in [-0.2, 0) is 20.7 Å². The van der Waals surface area contributed by atoms with E-state index in [0.29, 0.717) is 5.69 Å². The molecular weight excluding hydrogens is 353 g/mol. The van der Waals surface area contributed by atoms with E-state index in [0.717, 1.165) is 4.47 Å². The summed E-state index contributed by atoms with van der Waals surface area (Å²) in [5, 5.41) is 2.59. The second kappa shape index (κ2) is 7.70. The SMILES string of the molecule is O=C(COC(=O)Cc1ccccc1F)Nc1ccc(Br)cc1. The molecular formula is C16H13BrFNO3. The van der Waals surface area contributed by atoms with Crippen LogP contribution in [0.25, 0.3) is 0 Å². The summed E-state index contributed by atoms with van der Waals surface area (Å²) in [6.45, 7) is -0.413. The maximum atomic E-state index is 13.4. The van der Waals surface area contributed by atoms with Gasteiger partial charge in [0.25, 0.3) is 5.91 Å². The zero-order valence-corrected chi connectivity index (χ0v) is 13.1. The molecule has 1 N–H and O–H groups in total. The monoisotopic (exact) mass is 365 g/mol. The molecule has 0 saturated carbocycles. The molecule has 2 aromatic carbocycles. The molecule has 2 aromatic rings. The van der Waals surface area contributed by atoms with E-state index >= 15 is 0 Å². The molecule has 0 bridgehead atoms. The molecule has 22 heavy (non-hydrogen) atoms. The Balaban J connectivity index is 1.79. The van der Waals surface area contributed by atoms with Crippen LogP contribution in [0.5, 0.6) is 0 Å². The molecule has 0 saturated heterocycles. The van der Waals surface area contributed by atoms with Crippen LogP contribution >= 0.6 is 15.9 Å². The number of ether oxygens (including phenoxy) is 1. The van der Waals surface area contributed by atoms with Gasteiger partial charge in [0.2, 0.25) is 0 Å². The molecule has 0 radical (unpaired) electrons. The van der Waals surface area contributed by atoms with Crippen molar-refractivity contribution in [2.45, 2.75) is 6.42 Å². The molecule has 0 aromatic heterocycles. The van der Waals surface area contributed by atoms with Crippen molar-refractivity contribution < 1.29 is 18.7 Å². The summed E-state index contributed by atoms with van der Waals surface area (Å²) in [7, 11) is 0. The molecule has 0 heterocycles. The van der Waals surface area contributed by atoms with Gasteiger partial charge in [-0.3, -0.25) is 9.59 Å². The van der Waals surface area contributed by atoms with Gasteiger partial charge >= 0.3 is 5.97 Å². The van der Waals surface area contributed by atoms with Crippen LogP contribution in [-0.4, -0.2) is 18.5 Å². The lowest BCUT2D eigenvalue weighted by molar-refractivity contribution is -0.146. The lowest BCUT2D eigenvalue weighted by Gasteiger charge is -2.07. The van der Waals surface area contributed by atoms with Crippen molar-refractivity contribution >= 4 is 33.5 Å². The van der Waals surface area contributed by atoms with E-state index in [1.807, 2.05) is 0 Å². The average Bonchev–Trinajstić information content (AvgIpc) is 2.50. The van der Waals surface area contributed by atoms with Gasteiger partial charge in [-0.05, 0) is 35.9 Å². The lowest BCUT2D eigenvalue weighted by atomic mass is 10.1. The molecule has 114 valence electrons. The number of benzene rings is 2. The number of anilines is 1. The summed E-state index contributed by atoms with van der Waals surface area (Å²) in [4.78, 5) is 23.2. The summed E-state index contributed by atoms with van der Waals surface area (Å²) in [6.07, 6.45) is -0.210. The minimum Gasteiger partial charge on any atom is -0.455 e. The van der Waals surface area contributed by atoms with Gasteiger partial charge < -0.3 is 10.1 Å². The van der Waals surface area contributed by atoms with Crippen LogP contribution in [0, 0.1) is 5.82 Å². The standard InChI is InChI=1S/C16H13BrFNO3/c17-12-5-7-13(8-6-12)19-15(20)10-22-16(21)9-11-3-1-2-4-14(11)18/h1-8H,9-10H2,(H,19,20). The van der Waals surface area contributed by atoms with E-state index in [1.54, 1.807) is 30.3 Å². The zero-order chi connectivity index (χ0) is 15.9. The molecule has 2 rings (SSSR count). The van der Waals surface area contributed by atoms with Crippen molar-refractivity contribution in [1.29, 1.82) is 0 Å². The van der Waals surface area contributed by atoms with Crippen LogP contribution in [0.1, 0.15) is 5.56 Å². The predicted molar refractivity (Wildman–Crippen MR) is 83.8 cm³/mol. The molecule has 0 aliphatic rings. The molecule has 6 heteroatoms. The Morgan fingerprint density at radius 2 is 1.77 bits per heavy atom. The van der Waals surface area contributed by atoms with E-state index in [-0.39, 0.29) is 12.0 Å². The topological polar surface area (TPSA) is 55.4 Å². The van der Waals surface area contributed by atoms with Gasteiger partial charge in [0, 0.05) is 10.2 Å². The quantitative estimate of drug-likeness (QED) is 0.827. The number of esters is 1. The first-order valence-corrected chi connectivity index (χ1v) is 7.28. The number of nitrogens with one attached hydrogen (secondary N) is 1. The number of carbonyl (C=O) groups is 2. The Bertz CT molecular complexity index is 673. The Labute approximate surface area is 135 Å². The summed E-state index contributed by atoms with van der Waals surface area (Å²) in [6, 6.07) is 12.9. The van der Waals surface area contributed by atoms with Crippen molar-refractivity contribution in [3.05, 3.63) is 64.4 Å². The predicted octanol–water partition coefficient (Wildman–Crippen LogP) is 3.31. The van der Waals surface area contributed by atoms with Gasteiger partial charge in [-0.1, -0.05) is 34.1 Å². The number of rotatable bonds is 5. The molecule has 0 aliphatic carbocycles. The molecule has 1 amide bonds. The number of amides is 1. The summed E-state index contributed by atoms with van der Waals surface area (Å²) < 4.78 is 19.1. The molecule has 0 aliphatic heterocycles. The number of hydrogen-bond donors (Lipinski definition) is 1. The minimum absolute atomic E-state index is 0.210. The van der Waals surface area contributed by atoms with E-state index in [4.69, 9.17) is 4.74 Å². The third-order valence-electron chi connectivity index (χ3n) is 2.78. The Kier molecular flexibility index (Phi) is 5.66. The van der Waals surface area contributed by atoms with Crippen molar-refractivity contribution in [2.75, 3.05) is 11.9 Å². The van der Waals surface area contributed by atoms with Crippen molar-refractivity contribution in [1.82, 2.24) is 0 Å². The third kappa shape index (κ3) is 4.96. The lowest BCUT2D eigenvalue weighted by Crippen LogP contribution is -2.21. The first-order chi connectivity index (χ1) is 10.5. The first-order valence-electron chi connectivity index (χ1n) is 6.49. The van der Waals surface area contributed by atoms with Crippen LogP contribution in [0.3, 0.4) is 0 Å². The zero-order valence-electron chi connectivity index (χ0n) is 11.5. The fourth-order valence-corrected chi connectivity index (χ4v) is 1.99. The largest absolute Gasteiger partial charge is 0.455 e. The number of carbonyl (C=O) groups excluding carboxylic acids is 2.